The number of Topliss-reactive ketones (excluding diaryl/α,β-unsaturated/α-hetero) is 1. The third-order valence-corrected chi connectivity index (χ3v) is 3.60. The molecule has 0 aliphatic carbocycles. The van der Waals surface area contributed by atoms with Gasteiger partial charge in [0.2, 0.25) is 0 Å². The molecular weight excluding hydrogens is 174 g/mol. The molecule has 0 saturated carbocycles. The molecule has 2 heteroatoms. The molecule has 14 heavy (non-hydrogen) atoms. The highest BCUT2D eigenvalue weighted by Crippen LogP contribution is 2.21. The Bertz CT molecular complexity index is 191. The van der Waals surface area contributed by atoms with E-state index in [1.807, 2.05) is 6.92 Å². The predicted molar refractivity (Wildman–Crippen MR) is 59.3 cm³/mol. The zero-order valence-corrected chi connectivity index (χ0v) is 9.75. The molecule has 0 aromatic carbocycles. The molecular formula is C12H23NO. The van der Waals surface area contributed by atoms with Crippen LogP contribution in [0.5, 0.6) is 0 Å². The van der Waals surface area contributed by atoms with Crippen LogP contribution in [0.2, 0.25) is 0 Å². The van der Waals surface area contributed by atoms with Crippen LogP contribution in [-0.2, 0) is 4.79 Å². The Morgan fingerprint density at radius 2 is 2.14 bits per heavy atom. The first kappa shape index (κ1) is 11.7. The van der Waals surface area contributed by atoms with E-state index in [9.17, 15) is 4.79 Å². The number of rotatable bonds is 3. The van der Waals surface area contributed by atoms with E-state index >= 15 is 0 Å². The Labute approximate surface area is 87.7 Å². The van der Waals surface area contributed by atoms with E-state index in [1.165, 1.54) is 25.7 Å². The first-order valence-electron chi connectivity index (χ1n) is 5.89. The number of carbonyl (C=O) groups excluding carboxylic acids is 1. The van der Waals surface area contributed by atoms with E-state index in [2.05, 4.69) is 11.8 Å². The van der Waals surface area contributed by atoms with Gasteiger partial charge in [-0.3, -0.25) is 9.69 Å². The standard InChI is InChI=1S/C12H23NO/c1-4-12-6-5-8-13(9-7-12)10(2)11(3)14/h10,12H,4-9H2,1-3H3. The fourth-order valence-corrected chi connectivity index (χ4v) is 2.24. The fourth-order valence-electron chi connectivity index (χ4n) is 2.24. The average Bonchev–Trinajstić information content (AvgIpc) is 2.41. The second-order valence-corrected chi connectivity index (χ2v) is 4.53. The minimum Gasteiger partial charge on any atom is -0.298 e. The molecule has 0 aromatic heterocycles. The zero-order chi connectivity index (χ0) is 10.6. The van der Waals surface area contributed by atoms with Crippen LogP contribution in [0, 0.1) is 5.92 Å². The van der Waals surface area contributed by atoms with E-state index < -0.39 is 0 Å². The molecule has 1 fully saturated rings. The first-order chi connectivity index (χ1) is 6.65. The van der Waals surface area contributed by atoms with Gasteiger partial charge in [0.25, 0.3) is 0 Å². The van der Waals surface area contributed by atoms with Crippen molar-refractivity contribution in [1.82, 2.24) is 4.90 Å². The van der Waals surface area contributed by atoms with Gasteiger partial charge in [-0.25, -0.2) is 0 Å². The van der Waals surface area contributed by atoms with Crippen LogP contribution in [0.25, 0.3) is 0 Å². The van der Waals surface area contributed by atoms with Crippen LogP contribution < -0.4 is 0 Å². The van der Waals surface area contributed by atoms with Crippen LogP contribution in [0.15, 0.2) is 0 Å². The van der Waals surface area contributed by atoms with Gasteiger partial charge in [-0.15, -0.1) is 0 Å². The molecule has 2 unspecified atom stereocenters. The summed E-state index contributed by atoms with van der Waals surface area (Å²) in [5.74, 6) is 1.19. The maximum atomic E-state index is 11.3. The van der Waals surface area contributed by atoms with E-state index in [4.69, 9.17) is 0 Å². The zero-order valence-electron chi connectivity index (χ0n) is 9.75. The smallest absolute Gasteiger partial charge is 0.146 e. The van der Waals surface area contributed by atoms with E-state index in [1.54, 1.807) is 6.92 Å². The van der Waals surface area contributed by atoms with E-state index in [-0.39, 0.29) is 6.04 Å². The predicted octanol–water partition coefficient (Wildman–Crippen LogP) is 2.48. The molecule has 82 valence electrons. The molecule has 1 aliphatic heterocycles. The average molecular weight is 197 g/mol. The fraction of sp³-hybridized carbons (Fsp3) is 0.917. The second kappa shape index (κ2) is 5.50. The Morgan fingerprint density at radius 3 is 2.71 bits per heavy atom. The molecule has 0 aromatic rings. The van der Waals surface area contributed by atoms with Gasteiger partial charge in [0, 0.05) is 0 Å². The lowest BCUT2D eigenvalue weighted by Crippen LogP contribution is -2.38. The summed E-state index contributed by atoms with van der Waals surface area (Å²) in [6.07, 6.45) is 5.17. The van der Waals surface area contributed by atoms with Crippen molar-refractivity contribution < 1.29 is 4.79 Å². The summed E-state index contributed by atoms with van der Waals surface area (Å²) >= 11 is 0. The number of nitrogens with zero attached hydrogens (tertiary/aromatic N) is 1. The lowest BCUT2D eigenvalue weighted by molar-refractivity contribution is -0.121. The van der Waals surface area contributed by atoms with Gasteiger partial charge in [0.15, 0.2) is 0 Å². The summed E-state index contributed by atoms with van der Waals surface area (Å²) in [5, 5.41) is 0. The molecule has 0 bridgehead atoms. The SMILES string of the molecule is CCC1CCCN(C(C)C(C)=O)CC1. The Morgan fingerprint density at radius 1 is 1.43 bits per heavy atom. The molecule has 2 atom stereocenters. The van der Waals surface area contributed by atoms with E-state index in [0.717, 1.165) is 19.0 Å². The van der Waals surface area contributed by atoms with Gasteiger partial charge < -0.3 is 0 Å². The van der Waals surface area contributed by atoms with Crippen molar-refractivity contribution in [1.29, 1.82) is 0 Å². The van der Waals surface area contributed by atoms with Crippen LogP contribution >= 0.6 is 0 Å². The van der Waals surface area contributed by atoms with Gasteiger partial charge in [0.1, 0.15) is 5.78 Å². The van der Waals surface area contributed by atoms with Crippen molar-refractivity contribution in [2.45, 2.75) is 52.5 Å². The lowest BCUT2D eigenvalue weighted by Gasteiger charge is -2.25. The third kappa shape index (κ3) is 3.09. The van der Waals surface area contributed by atoms with Crippen LogP contribution in [0.3, 0.4) is 0 Å². The highest BCUT2D eigenvalue weighted by Gasteiger charge is 2.21. The number of hydrogen-bond acceptors (Lipinski definition) is 2. The van der Waals surface area contributed by atoms with Gasteiger partial charge in [-0.2, -0.15) is 0 Å². The molecule has 0 N–H and O–H groups in total. The molecule has 1 rings (SSSR count). The summed E-state index contributed by atoms with van der Waals surface area (Å²) in [4.78, 5) is 13.6. The summed E-state index contributed by atoms with van der Waals surface area (Å²) in [7, 11) is 0. The highest BCUT2D eigenvalue weighted by molar-refractivity contribution is 5.80. The largest absolute Gasteiger partial charge is 0.298 e. The Hall–Kier alpha value is -0.370. The number of ketones is 1. The molecule has 2 nitrogen and oxygen atoms in total. The number of hydrogen-bond donors (Lipinski definition) is 0. The molecule has 0 spiro atoms. The third-order valence-electron chi connectivity index (χ3n) is 3.60. The van der Waals surface area contributed by atoms with Crippen molar-refractivity contribution in [2.75, 3.05) is 13.1 Å². The first-order valence-corrected chi connectivity index (χ1v) is 5.89. The topological polar surface area (TPSA) is 20.3 Å². The van der Waals surface area contributed by atoms with Crippen LogP contribution in [0.1, 0.15) is 46.5 Å². The molecule has 1 aliphatic rings. The van der Waals surface area contributed by atoms with Crippen molar-refractivity contribution in [3.63, 3.8) is 0 Å². The summed E-state index contributed by atoms with van der Waals surface area (Å²) < 4.78 is 0. The maximum absolute atomic E-state index is 11.3. The highest BCUT2D eigenvalue weighted by atomic mass is 16.1. The maximum Gasteiger partial charge on any atom is 0.146 e. The number of likely N-dealkylation sites (tertiary alicyclic amines) is 1. The number of carbonyl (C=O) groups is 1. The molecule has 1 saturated heterocycles. The normalized spacial score (nSPS) is 26.9. The van der Waals surface area contributed by atoms with Gasteiger partial charge in [-0.05, 0) is 52.1 Å². The van der Waals surface area contributed by atoms with Crippen molar-refractivity contribution in [3.8, 4) is 0 Å². The van der Waals surface area contributed by atoms with Gasteiger partial charge in [0.05, 0.1) is 6.04 Å². The monoisotopic (exact) mass is 197 g/mol. The summed E-state index contributed by atoms with van der Waals surface area (Å²) in [6, 6.07) is 0.130. The van der Waals surface area contributed by atoms with Gasteiger partial charge in [-0.1, -0.05) is 13.3 Å². The van der Waals surface area contributed by atoms with E-state index in [0.29, 0.717) is 5.78 Å². The van der Waals surface area contributed by atoms with Gasteiger partial charge >= 0.3 is 0 Å². The summed E-state index contributed by atoms with van der Waals surface area (Å²) in [6.45, 7) is 8.23. The molecule has 0 radical (unpaired) electrons. The lowest BCUT2D eigenvalue weighted by atomic mass is 9.98. The minimum absolute atomic E-state index is 0.130. The van der Waals surface area contributed by atoms with Crippen molar-refractivity contribution in [2.24, 2.45) is 5.92 Å². The van der Waals surface area contributed by atoms with Crippen molar-refractivity contribution in [3.05, 3.63) is 0 Å². The minimum atomic E-state index is 0.130. The molecule has 1 heterocycles. The Kier molecular flexibility index (Phi) is 4.59. The Balaban J connectivity index is 2.45. The van der Waals surface area contributed by atoms with Crippen LogP contribution in [0.4, 0.5) is 0 Å². The second-order valence-electron chi connectivity index (χ2n) is 4.53. The van der Waals surface area contributed by atoms with Crippen LogP contribution in [-0.4, -0.2) is 29.8 Å². The summed E-state index contributed by atoms with van der Waals surface area (Å²) in [5.41, 5.74) is 0. The quantitative estimate of drug-likeness (QED) is 0.692. The molecule has 0 amide bonds. The van der Waals surface area contributed by atoms with Crippen molar-refractivity contribution >= 4 is 5.78 Å².